The quantitative estimate of drug-likeness (QED) is 0.269. The monoisotopic (exact) mass is 338 g/mol. The van der Waals surface area contributed by atoms with Crippen molar-refractivity contribution in [1.82, 2.24) is 15.4 Å². The van der Waals surface area contributed by atoms with Crippen molar-refractivity contribution in [2.45, 2.75) is 32.6 Å². The van der Waals surface area contributed by atoms with Gasteiger partial charge in [-0.1, -0.05) is 6.08 Å². The van der Waals surface area contributed by atoms with Crippen molar-refractivity contribution < 1.29 is 24.3 Å². The lowest BCUT2D eigenvalue weighted by Gasteiger charge is -2.07. The van der Waals surface area contributed by atoms with E-state index >= 15 is 0 Å². The first-order valence-corrected chi connectivity index (χ1v) is 7.38. The van der Waals surface area contributed by atoms with E-state index in [0.717, 1.165) is 6.42 Å². The zero-order chi connectivity index (χ0) is 17.9. The van der Waals surface area contributed by atoms with E-state index in [0.29, 0.717) is 18.4 Å². The van der Waals surface area contributed by atoms with Gasteiger partial charge in [-0.25, -0.2) is 5.48 Å². The summed E-state index contributed by atoms with van der Waals surface area (Å²) in [5, 5.41) is 10.9. The van der Waals surface area contributed by atoms with Crippen molar-refractivity contribution in [3.63, 3.8) is 0 Å². The minimum atomic E-state index is -0.419. The van der Waals surface area contributed by atoms with Crippen LogP contribution in [-0.2, 0) is 9.59 Å². The highest BCUT2D eigenvalue weighted by Gasteiger charge is 2.10. The molecule has 1 aromatic rings. The number of rotatable bonds is 9. The van der Waals surface area contributed by atoms with Crippen LogP contribution in [0.15, 0.2) is 17.7 Å². The Kier molecular flexibility index (Phi) is 8.20. The number of amides is 2. The maximum absolute atomic E-state index is 12.1. The number of unbranched alkanes of at least 4 members (excludes halogenated alkanes) is 2. The fourth-order valence-electron chi connectivity index (χ4n) is 1.77. The second-order valence-corrected chi connectivity index (χ2v) is 4.90. The Hall–Kier alpha value is -2.68. The van der Waals surface area contributed by atoms with Gasteiger partial charge in [0.05, 0.1) is 20.3 Å². The molecule has 9 nitrogen and oxygen atoms in total. The number of hydroxylamine groups is 1. The first-order valence-electron chi connectivity index (χ1n) is 7.38. The van der Waals surface area contributed by atoms with Crippen molar-refractivity contribution in [3.8, 4) is 11.8 Å². The van der Waals surface area contributed by atoms with Crippen molar-refractivity contribution in [2.24, 2.45) is 0 Å². The van der Waals surface area contributed by atoms with Crippen molar-refractivity contribution in [2.75, 3.05) is 19.5 Å². The Morgan fingerprint density at radius 3 is 2.38 bits per heavy atom. The fraction of sp³-hybridized carbons (Fsp3) is 0.467. The summed E-state index contributed by atoms with van der Waals surface area (Å²) in [5.41, 5.74) is 2.08. The van der Waals surface area contributed by atoms with E-state index in [9.17, 15) is 9.59 Å². The van der Waals surface area contributed by atoms with E-state index < -0.39 is 5.91 Å². The predicted molar refractivity (Wildman–Crippen MR) is 85.9 cm³/mol. The smallest absolute Gasteiger partial charge is 0.253 e. The van der Waals surface area contributed by atoms with Gasteiger partial charge in [-0.3, -0.25) is 20.1 Å². The number of carbonyl (C=O) groups is 2. The van der Waals surface area contributed by atoms with Crippen molar-refractivity contribution >= 4 is 17.8 Å². The normalized spacial score (nSPS) is 10.9. The zero-order valence-electron chi connectivity index (χ0n) is 14.0. The van der Waals surface area contributed by atoms with E-state index in [4.69, 9.17) is 14.7 Å². The van der Waals surface area contributed by atoms with Crippen LogP contribution in [0.5, 0.6) is 11.8 Å². The van der Waals surface area contributed by atoms with E-state index in [1.807, 2.05) is 0 Å². The van der Waals surface area contributed by atoms with Gasteiger partial charge in [-0.05, 0) is 26.2 Å². The van der Waals surface area contributed by atoms with Gasteiger partial charge in [-0.2, -0.15) is 9.97 Å². The Bertz CT molecular complexity index is 581. The zero-order valence-corrected chi connectivity index (χ0v) is 14.0. The molecule has 0 saturated carbocycles. The van der Waals surface area contributed by atoms with Gasteiger partial charge in [0, 0.05) is 12.0 Å². The first kappa shape index (κ1) is 19.4. The summed E-state index contributed by atoms with van der Waals surface area (Å²) < 4.78 is 10.0. The highest BCUT2D eigenvalue weighted by atomic mass is 16.5. The molecule has 0 aliphatic carbocycles. The molecular weight excluding hydrogens is 316 g/mol. The summed E-state index contributed by atoms with van der Waals surface area (Å²) in [6.07, 6.45) is 3.99. The third-order valence-electron chi connectivity index (χ3n) is 3.11. The van der Waals surface area contributed by atoms with Crippen LogP contribution in [0.3, 0.4) is 0 Å². The molecule has 9 heteroatoms. The summed E-state index contributed by atoms with van der Waals surface area (Å²) >= 11 is 0. The number of allylic oxidation sites excluding steroid dienone is 1. The number of anilines is 1. The Morgan fingerprint density at radius 2 is 1.83 bits per heavy atom. The summed E-state index contributed by atoms with van der Waals surface area (Å²) in [5.74, 6) is -0.110. The molecule has 1 aromatic heterocycles. The molecule has 0 spiro atoms. The molecule has 0 unspecified atom stereocenters. The first-order chi connectivity index (χ1) is 11.5. The van der Waals surface area contributed by atoms with E-state index in [2.05, 4.69) is 15.3 Å². The van der Waals surface area contributed by atoms with Crippen LogP contribution in [0.2, 0.25) is 0 Å². The number of nitrogens with zero attached hydrogens (tertiary/aromatic N) is 2. The van der Waals surface area contributed by atoms with Gasteiger partial charge < -0.3 is 9.47 Å². The number of hydrogen-bond donors (Lipinski definition) is 3. The van der Waals surface area contributed by atoms with Gasteiger partial charge in [-0.15, -0.1) is 0 Å². The lowest BCUT2D eigenvalue weighted by molar-refractivity contribution is -0.129. The highest BCUT2D eigenvalue weighted by molar-refractivity contribution is 6.02. The van der Waals surface area contributed by atoms with Gasteiger partial charge in [0.15, 0.2) is 0 Å². The molecule has 24 heavy (non-hydrogen) atoms. The molecule has 0 fully saturated rings. The lowest BCUT2D eigenvalue weighted by Crippen LogP contribution is -2.17. The maximum Gasteiger partial charge on any atom is 0.253 e. The fourth-order valence-corrected chi connectivity index (χ4v) is 1.77. The van der Waals surface area contributed by atoms with Crippen LogP contribution in [-0.4, -0.2) is 41.2 Å². The molecule has 1 rings (SSSR count). The number of ether oxygens (including phenoxy) is 2. The molecule has 2 amide bonds. The molecule has 3 N–H and O–H groups in total. The van der Waals surface area contributed by atoms with Crippen LogP contribution in [0, 0.1) is 0 Å². The third-order valence-corrected chi connectivity index (χ3v) is 3.11. The molecule has 0 aliphatic rings. The minimum Gasteiger partial charge on any atom is -0.481 e. The second-order valence-electron chi connectivity index (χ2n) is 4.90. The standard InChI is InChI=1S/C15H22N4O5/c1-10(7-5-4-6-8-11(20)19-22)14(21)18-15-16-12(23-2)9-13(17-15)24-3/h7,9,22H,4-6,8H2,1-3H3,(H,19,20)(H,16,17,18,21)/b10-7+. The molecule has 0 radical (unpaired) electrons. The SMILES string of the molecule is COc1cc(OC)nc(NC(=O)/C(C)=C/CCCCC(=O)NO)n1. The molecular formula is C15H22N4O5. The number of nitrogens with one attached hydrogen (secondary N) is 2. The summed E-state index contributed by atoms with van der Waals surface area (Å²) in [7, 11) is 2.91. The molecule has 0 aromatic carbocycles. The number of aromatic nitrogens is 2. The van der Waals surface area contributed by atoms with Crippen LogP contribution >= 0.6 is 0 Å². The molecule has 0 saturated heterocycles. The van der Waals surface area contributed by atoms with Crippen molar-refractivity contribution in [3.05, 3.63) is 17.7 Å². The van der Waals surface area contributed by atoms with Gasteiger partial charge in [0.25, 0.3) is 5.91 Å². The molecule has 0 atom stereocenters. The largest absolute Gasteiger partial charge is 0.481 e. The Morgan fingerprint density at radius 1 is 1.21 bits per heavy atom. The van der Waals surface area contributed by atoms with Crippen LogP contribution in [0.25, 0.3) is 0 Å². The molecule has 0 aliphatic heterocycles. The van der Waals surface area contributed by atoms with Crippen LogP contribution < -0.4 is 20.3 Å². The van der Waals surface area contributed by atoms with Gasteiger partial charge in [0.2, 0.25) is 23.6 Å². The topological polar surface area (TPSA) is 123 Å². The average Bonchev–Trinajstić information content (AvgIpc) is 2.60. The number of methoxy groups -OCH3 is 2. The average molecular weight is 338 g/mol. The number of hydrogen-bond acceptors (Lipinski definition) is 7. The predicted octanol–water partition coefficient (Wildman–Crippen LogP) is 1.44. The molecule has 132 valence electrons. The van der Waals surface area contributed by atoms with E-state index in [1.165, 1.54) is 20.3 Å². The second kappa shape index (κ2) is 10.2. The van der Waals surface area contributed by atoms with Gasteiger partial charge in [0.1, 0.15) is 0 Å². The van der Waals surface area contributed by atoms with E-state index in [-0.39, 0.29) is 30.0 Å². The maximum atomic E-state index is 12.1. The van der Waals surface area contributed by atoms with E-state index in [1.54, 1.807) is 18.5 Å². The molecule has 0 bridgehead atoms. The Labute approximate surface area is 140 Å². The van der Waals surface area contributed by atoms with Gasteiger partial charge >= 0.3 is 0 Å². The lowest BCUT2D eigenvalue weighted by atomic mass is 10.1. The van der Waals surface area contributed by atoms with Crippen LogP contribution in [0.4, 0.5) is 5.95 Å². The summed E-state index contributed by atoms with van der Waals surface area (Å²) in [4.78, 5) is 31.0. The third kappa shape index (κ3) is 6.61. The molecule has 1 heterocycles. The Balaban J connectivity index is 2.54. The minimum absolute atomic E-state index is 0.0866. The summed E-state index contributed by atoms with van der Waals surface area (Å²) in [6, 6.07) is 1.50. The van der Waals surface area contributed by atoms with Crippen molar-refractivity contribution in [1.29, 1.82) is 0 Å². The van der Waals surface area contributed by atoms with Crippen LogP contribution in [0.1, 0.15) is 32.6 Å². The number of carbonyl (C=O) groups excluding carboxylic acids is 2. The highest BCUT2D eigenvalue weighted by Crippen LogP contribution is 2.17. The summed E-state index contributed by atoms with van der Waals surface area (Å²) in [6.45, 7) is 1.67.